The van der Waals surface area contributed by atoms with E-state index in [2.05, 4.69) is 10.3 Å². The molecule has 1 saturated heterocycles. The van der Waals surface area contributed by atoms with Crippen LogP contribution in [0.4, 0.5) is 10.2 Å². The highest BCUT2D eigenvalue weighted by molar-refractivity contribution is 6.31. The van der Waals surface area contributed by atoms with Gasteiger partial charge in [-0.05, 0) is 55.2 Å². The Hall–Kier alpha value is -3.65. The van der Waals surface area contributed by atoms with Gasteiger partial charge in [0.1, 0.15) is 17.4 Å². The summed E-state index contributed by atoms with van der Waals surface area (Å²) < 4.78 is 19.2. The minimum atomic E-state index is -0.990. The van der Waals surface area contributed by atoms with Crippen LogP contribution in [0.5, 0.6) is 5.75 Å². The summed E-state index contributed by atoms with van der Waals surface area (Å²) in [5.41, 5.74) is 0.933. The van der Waals surface area contributed by atoms with Crippen LogP contribution in [0.3, 0.4) is 0 Å². The molecule has 2 N–H and O–H groups in total. The Bertz CT molecular complexity index is 1300. The topological polar surface area (TPSA) is 91.8 Å². The Morgan fingerprint density at radius 1 is 1.19 bits per heavy atom. The number of carbonyl (C=O) groups excluding carboxylic acids is 1. The van der Waals surface area contributed by atoms with Gasteiger partial charge in [0.05, 0.1) is 28.3 Å². The van der Waals surface area contributed by atoms with Crippen LogP contribution >= 0.6 is 11.6 Å². The summed E-state index contributed by atoms with van der Waals surface area (Å²) in [6.45, 7) is 1.78. The summed E-state index contributed by atoms with van der Waals surface area (Å²) in [6.07, 6.45) is 3.90. The second kappa shape index (κ2) is 9.78. The number of benzene rings is 2. The van der Waals surface area contributed by atoms with Crippen LogP contribution in [0.2, 0.25) is 5.02 Å². The molecule has 2 aromatic carbocycles. The van der Waals surface area contributed by atoms with E-state index in [0.717, 1.165) is 24.8 Å². The Morgan fingerprint density at radius 3 is 2.67 bits per heavy atom. The zero-order valence-electron chi connectivity index (χ0n) is 19.4. The average Bonchev–Trinajstić information content (AvgIpc) is 3.49. The van der Waals surface area contributed by atoms with E-state index < -0.39 is 11.5 Å². The van der Waals surface area contributed by atoms with Crippen LogP contribution in [0.25, 0.3) is 0 Å². The number of nitrogens with zero attached hydrogens (tertiary/aromatic N) is 2. The third kappa shape index (κ3) is 5.14. The maximum Gasteiger partial charge on any atom is 0.335 e. The van der Waals surface area contributed by atoms with E-state index in [-0.39, 0.29) is 23.2 Å². The second-order valence-corrected chi connectivity index (χ2v) is 9.75. The number of ether oxygens (including phenoxy) is 1. The van der Waals surface area contributed by atoms with Gasteiger partial charge in [-0.1, -0.05) is 29.8 Å². The zero-order chi connectivity index (χ0) is 25.3. The van der Waals surface area contributed by atoms with Crippen molar-refractivity contribution in [3.05, 3.63) is 88.3 Å². The summed E-state index contributed by atoms with van der Waals surface area (Å²) in [6, 6.07) is 14.3. The number of aromatic nitrogens is 1. The SMILES string of the molecule is O=C(O)c1ccc(C2(NC(=O)c3cc(Cl)cnc3N3CC[C@H](COc4cccc(F)c4)C3)CC2)cc1. The monoisotopic (exact) mass is 509 g/mol. The molecule has 0 radical (unpaired) electrons. The summed E-state index contributed by atoms with van der Waals surface area (Å²) in [7, 11) is 0. The van der Waals surface area contributed by atoms with E-state index in [4.69, 9.17) is 21.4 Å². The van der Waals surface area contributed by atoms with Gasteiger partial charge < -0.3 is 20.1 Å². The number of aromatic carboxylic acids is 1. The molecule has 0 bridgehead atoms. The highest BCUT2D eigenvalue weighted by Crippen LogP contribution is 2.46. The third-order valence-corrected chi connectivity index (χ3v) is 6.94. The molecule has 0 unspecified atom stereocenters. The van der Waals surface area contributed by atoms with Crippen molar-refractivity contribution in [2.75, 3.05) is 24.6 Å². The van der Waals surface area contributed by atoms with Crippen LogP contribution in [0, 0.1) is 11.7 Å². The summed E-state index contributed by atoms with van der Waals surface area (Å²) in [5, 5.41) is 12.6. The van der Waals surface area contributed by atoms with Crippen LogP contribution < -0.4 is 15.0 Å². The minimum Gasteiger partial charge on any atom is -0.493 e. The number of carboxylic acid groups (broad SMARTS) is 1. The number of hydrogen-bond donors (Lipinski definition) is 2. The summed E-state index contributed by atoms with van der Waals surface area (Å²) in [5.74, 6) is -0.363. The first kappa shape index (κ1) is 24.1. The van der Waals surface area contributed by atoms with E-state index in [9.17, 15) is 14.0 Å². The van der Waals surface area contributed by atoms with Crippen molar-refractivity contribution in [1.82, 2.24) is 10.3 Å². The largest absolute Gasteiger partial charge is 0.493 e. The van der Waals surface area contributed by atoms with Crippen molar-refractivity contribution < 1.29 is 23.8 Å². The van der Waals surface area contributed by atoms with E-state index in [1.807, 2.05) is 4.90 Å². The standard InChI is InChI=1S/C27H25ClFN3O4/c28-20-12-23(25(33)31-27(9-10-27)19-6-4-18(5-7-19)26(34)35)24(30-14-20)32-11-8-17(15-32)16-36-22-3-1-2-21(29)13-22/h1-7,12-14,17H,8-11,15-16H2,(H,31,33)(H,34,35)/t17-/m0/s1. The molecule has 5 rings (SSSR count). The van der Waals surface area contributed by atoms with Gasteiger partial charge >= 0.3 is 5.97 Å². The quantitative estimate of drug-likeness (QED) is 0.449. The van der Waals surface area contributed by atoms with Gasteiger partial charge in [0, 0.05) is 31.3 Å². The van der Waals surface area contributed by atoms with Crippen LogP contribution in [-0.4, -0.2) is 41.7 Å². The van der Waals surface area contributed by atoms with Crippen LogP contribution in [0.1, 0.15) is 45.5 Å². The number of hydrogen-bond acceptors (Lipinski definition) is 5. The van der Waals surface area contributed by atoms with Crippen molar-refractivity contribution in [2.45, 2.75) is 24.8 Å². The molecule has 2 fully saturated rings. The number of anilines is 1. The first-order valence-corrected chi connectivity index (χ1v) is 12.2. The number of rotatable bonds is 8. The Kier molecular flexibility index (Phi) is 6.53. The molecule has 1 aliphatic carbocycles. The molecule has 186 valence electrons. The fourth-order valence-electron chi connectivity index (χ4n) is 4.61. The molecule has 2 heterocycles. The molecule has 3 aromatic rings. The molecule has 1 aliphatic heterocycles. The molecule has 1 amide bonds. The molecule has 9 heteroatoms. The van der Waals surface area contributed by atoms with Crippen molar-refractivity contribution >= 4 is 29.3 Å². The maximum absolute atomic E-state index is 13.4. The number of pyridine rings is 1. The second-order valence-electron chi connectivity index (χ2n) is 9.31. The Balaban J connectivity index is 1.28. The number of carbonyl (C=O) groups is 2. The molecule has 1 saturated carbocycles. The number of amides is 1. The highest BCUT2D eigenvalue weighted by Gasteiger charge is 2.46. The number of halogens is 2. The van der Waals surface area contributed by atoms with Crippen LogP contribution in [0.15, 0.2) is 60.8 Å². The molecule has 1 atom stereocenters. The molecule has 0 spiro atoms. The smallest absolute Gasteiger partial charge is 0.335 e. The van der Waals surface area contributed by atoms with Crippen molar-refractivity contribution in [3.8, 4) is 5.75 Å². The van der Waals surface area contributed by atoms with Gasteiger partial charge in [-0.2, -0.15) is 0 Å². The summed E-state index contributed by atoms with van der Waals surface area (Å²) in [4.78, 5) is 31.1. The minimum absolute atomic E-state index is 0.198. The lowest BCUT2D eigenvalue weighted by atomic mass is 10.0. The lowest BCUT2D eigenvalue weighted by Crippen LogP contribution is -2.36. The van der Waals surface area contributed by atoms with Gasteiger partial charge in [-0.15, -0.1) is 0 Å². The first-order valence-electron chi connectivity index (χ1n) is 11.8. The first-order chi connectivity index (χ1) is 17.3. The predicted molar refractivity (Wildman–Crippen MR) is 133 cm³/mol. The third-order valence-electron chi connectivity index (χ3n) is 6.73. The molecule has 2 aliphatic rings. The zero-order valence-corrected chi connectivity index (χ0v) is 20.2. The van der Waals surface area contributed by atoms with Gasteiger partial charge in [-0.3, -0.25) is 4.79 Å². The summed E-state index contributed by atoms with van der Waals surface area (Å²) >= 11 is 6.21. The van der Waals surface area contributed by atoms with E-state index in [0.29, 0.717) is 41.8 Å². The van der Waals surface area contributed by atoms with E-state index in [1.54, 1.807) is 42.5 Å². The van der Waals surface area contributed by atoms with Crippen molar-refractivity contribution in [1.29, 1.82) is 0 Å². The normalized spacial score (nSPS) is 18.1. The van der Waals surface area contributed by atoms with Crippen LogP contribution in [-0.2, 0) is 5.54 Å². The molecule has 1 aromatic heterocycles. The fourth-order valence-corrected chi connectivity index (χ4v) is 4.77. The highest BCUT2D eigenvalue weighted by atomic mass is 35.5. The van der Waals surface area contributed by atoms with Gasteiger partial charge in [0.25, 0.3) is 5.91 Å². The fraction of sp³-hybridized carbons (Fsp3) is 0.296. The Morgan fingerprint density at radius 2 is 1.97 bits per heavy atom. The van der Waals surface area contributed by atoms with E-state index >= 15 is 0 Å². The lowest BCUT2D eigenvalue weighted by Gasteiger charge is -2.23. The Labute approximate surface area is 212 Å². The van der Waals surface area contributed by atoms with E-state index in [1.165, 1.54) is 18.3 Å². The van der Waals surface area contributed by atoms with Crippen molar-refractivity contribution in [3.63, 3.8) is 0 Å². The van der Waals surface area contributed by atoms with Gasteiger partial charge in [0.15, 0.2) is 0 Å². The molecular formula is C27H25ClFN3O4. The van der Waals surface area contributed by atoms with Gasteiger partial charge in [-0.25, -0.2) is 14.2 Å². The molecule has 36 heavy (non-hydrogen) atoms. The lowest BCUT2D eigenvalue weighted by molar-refractivity contribution is 0.0696. The average molecular weight is 510 g/mol. The number of nitrogens with one attached hydrogen (secondary N) is 1. The predicted octanol–water partition coefficient (Wildman–Crippen LogP) is 4.90. The van der Waals surface area contributed by atoms with Crippen molar-refractivity contribution in [2.24, 2.45) is 5.92 Å². The maximum atomic E-state index is 13.4. The molecule has 7 nitrogen and oxygen atoms in total. The molecular weight excluding hydrogens is 485 g/mol. The number of carboxylic acids is 1. The van der Waals surface area contributed by atoms with Gasteiger partial charge in [0.2, 0.25) is 0 Å².